The Kier molecular flexibility index (Phi) is 4.67. The molecule has 0 radical (unpaired) electrons. The van der Waals surface area contributed by atoms with Crippen molar-refractivity contribution in [3.63, 3.8) is 0 Å². The smallest absolute Gasteiger partial charge is 0.322 e. The fraction of sp³-hybridized carbons (Fsp3) is 0.312. The Morgan fingerprint density at radius 3 is 2.32 bits per heavy atom. The van der Waals surface area contributed by atoms with Crippen molar-refractivity contribution in [3.8, 4) is 0 Å². The van der Waals surface area contributed by atoms with E-state index in [1.165, 1.54) is 0 Å². The van der Waals surface area contributed by atoms with Gasteiger partial charge in [-0.15, -0.1) is 0 Å². The molecule has 1 aliphatic rings. The largest absolute Gasteiger partial charge is 0.451 e. The zero-order valence-corrected chi connectivity index (χ0v) is 12.8. The number of amides is 1. The first-order chi connectivity index (χ1) is 11.8. The molecule has 1 amide bonds. The summed E-state index contributed by atoms with van der Waals surface area (Å²) in [7, 11) is 0. The van der Waals surface area contributed by atoms with Crippen molar-refractivity contribution in [2.45, 2.75) is 24.8 Å². The minimum Gasteiger partial charge on any atom is -0.322 e. The maximum Gasteiger partial charge on any atom is 0.451 e. The lowest BCUT2D eigenvalue weighted by Crippen LogP contribution is -2.55. The highest BCUT2D eigenvalue weighted by atomic mass is 19.4. The Balaban J connectivity index is 1.60. The number of hydrogen-bond acceptors (Lipinski definition) is 4. The highest BCUT2D eigenvalue weighted by Crippen LogP contribution is 2.25. The number of alkyl halides is 4. The van der Waals surface area contributed by atoms with Gasteiger partial charge in [0.2, 0.25) is 5.82 Å². The monoisotopic (exact) mass is 354 g/mol. The van der Waals surface area contributed by atoms with Crippen molar-refractivity contribution < 1.29 is 22.4 Å². The topological polar surface area (TPSA) is 66.9 Å². The third-order valence-electron chi connectivity index (χ3n) is 3.85. The van der Waals surface area contributed by atoms with Crippen LogP contribution in [0, 0.1) is 0 Å². The first kappa shape index (κ1) is 17.3. The van der Waals surface area contributed by atoms with Gasteiger partial charge in [0.1, 0.15) is 6.17 Å². The molecule has 9 heteroatoms. The normalized spacial score (nSPS) is 20.0. The molecule has 2 heterocycles. The van der Waals surface area contributed by atoms with Crippen LogP contribution in [0.15, 0.2) is 36.7 Å². The number of halogens is 4. The minimum atomic E-state index is -4.65. The highest BCUT2D eigenvalue weighted by molar-refractivity contribution is 6.03. The molecule has 0 saturated carbocycles. The number of hydrogen-bond donors (Lipinski definition) is 2. The lowest BCUT2D eigenvalue weighted by atomic mass is 9.96. The molecule has 0 spiro atoms. The molecule has 0 bridgehead atoms. The van der Waals surface area contributed by atoms with Crippen LogP contribution in [-0.2, 0) is 12.6 Å². The number of nitrogens with zero attached hydrogens (tertiary/aromatic N) is 2. The molecule has 3 rings (SSSR count). The van der Waals surface area contributed by atoms with E-state index in [9.17, 15) is 22.4 Å². The molecule has 0 aliphatic carbocycles. The van der Waals surface area contributed by atoms with Gasteiger partial charge in [0.05, 0.1) is 5.56 Å². The van der Waals surface area contributed by atoms with Gasteiger partial charge in [-0.2, -0.15) is 13.2 Å². The molecule has 1 aliphatic heterocycles. The fourth-order valence-electron chi connectivity index (χ4n) is 2.35. The second-order valence-electron chi connectivity index (χ2n) is 5.68. The van der Waals surface area contributed by atoms with E-state index in [1.54, 1.807) is 24.3 Å². The van der Waals surface area contributed by atoms with E-state index < -0.39 is 24.1 Å². The van der Waals surface area contributed by atoms with Crippen molar-refractivity contribution in [1.29, 1.82) is 0 Å². The molecule has 5 nitrogen and oxygen atoms in total. The average molecular weight is 354 g/mol. The molecular formula is C16H14F4N4O. The first-order valence-corrected chi connectivity index (χ1v) is 7.50. The van der Waals surface area contributed by atoms with E-state index in [0.29, 0.717) is 18.7 Å². The van der Waals surface area contributed by atoms with Gasteiger partial charge in [0.15, 0.2) is 0 Å². The van der Waals surface area contributed by atoms with E-state index in [1.807, 2.05) is 0 Å². The number of aromatic nitrogens is 2. The molecule has 2 N–H and O–H groups in total. The van der Waals surface area contributed by atoms with Crippen LogP contribution < -0.4 is 10.6 Å². The van der Waals surface area contributed by atoms with Crippen LogP contribution in [0.1, 0.15) is 21.7 Å². The quantitative estimate of drug-likeness (QED) is 0.829. The molecule has 132 valence electrons. The predicted molar refractivity (Wildman–Crippen MR) is 81.8 cm³/mol. The summed E-state index contributed by atoms with van der Waals surface area (Å²) < 4.78 is 50.4. The average Bonchev–Trinajstić information content (AvgIpc) is 2.59. The number of nitrogens with one attached hydrogen (secondary N) is 2. The van der Waals surface area contributed by atoms with Crippen molar-refractivity contribution in [1.82, 2.24) is 15.3 Å². The third kappa shape index (κ3) is 4.11. The van der Waals surface area contributed by atoms with Gasteiger partial charge in [-0.1, -0.05) is 12.1 Å². The lowest BCUT2D eigenvalue weighted by Gasteiger charge is -2.32. The number of anilines is 1. The summed E-state index contributed by atoms with van der Waals surface area (Å²) in [5.74, 6) is -1.92. The molecule has 1 saturated heterocycles. The van der Waals surface area contributed by atoms with Crippen molar-refractivity contribution in [3.05, 3.63) is 53.6 Å². The van der Waals surface area contributed by atoms with Crippen LogP contribution in [-0.4, -0.2) is 34.6 Å². The van der Waals surface area contributed by atoms with E-state index in [-0.39, 0.29) is 11.6 Å². The van der Waals surface area contributed by atoms with Gasteiger partial charge in [0.25, 0.3) is 5.91 Å². The number of carbonyl (C=O) groups is 1. The Morgan fingerprint density at radius 1 is 1.20 bits per heavy atom. The zero-order chi connectivity index (χ0) is 18.0. The molecule has 2 atom stereocenters. The van der Waals surface area contributed by atoms with Crippen LogP contribution in [0.3, 0.4) is 0 Å². The Hall–Kier alpha value is -2.55. The van der Waals surface area contributed by atoms with Gasteiger partial charge in [-0.3, -0.25) is 4.79 Å². The van der Waals surface area contributed by atoms with E-state index in [4.69, 9.17) is 0 Å². The van der Waals surface area contributed by atoms with Crippen molar-refractivity contribution >= 4 is 11.6 Å². The first-order valence-electron chi connectivity index (χ1n) is 7.50. The molecular weight excluding hydrogens is 340 g/mol. The Labute approximate surface area is 140 Å². The number of benzene rings is 1. The Bertz CT molecular complexity index is 746. The Morgan fingerprint density at radius 2 is 1.84 bits per heavy atom. The molecule has 1 fully saturated rings. The van der Waals surface area contributed by atoms with E-state index >= 15 is 0 Å². The van der Waals surface area contributed by atoms with Crippen molar-refractivity contribution in [2.75, 3.05) is 11.9 Å². The molecule has 2 aromatic rings. The second-order valence-corrected chi connectivity index (χ2v) is 5.68. The lowest BCUT2D eigenvalue weighted by molar-refractivity contribution is -0.145. The van der Waals surface area contributed by atoms with Gasteiger partial charge in [0, 0.05) is 30.7 Å². The summed E-state index contributed by atoms with van der Waals surface area (Å²) in [6.07, 6.45) is -3.31. The van der Waals surface area contributed by atoms with Gasteiger partial charge < -0.3 is 10.6 Å². The molecule has 1 aromatic heterocycles. The molecule has 2 unspecified atom stereocenters. The van der Waals surface area contributed by atoms with E-state index in [0.717, 1.165) is 18.0 Å². The maximum absolute atomic E-state index is 13.2. The van der Waals surface area contributed by atoms with Crippen molar-refractivity contribution in [2.24, 2.45) is 0 Å². The summed E-state index contributed by atoms with van der Waals surface area (Å²) in [6, 6.07) is 6.61. The third-order valence-corrected chi connectivity index (χ3v) is 3.85. The predicted octanol–water partition coefficient (Wildman–Crippen LogP) is 2.60. The van der Waals surface area contributed by atoms with Gasteiger partial charge in [-0.25, -0.2) is 14.4 Å². The van der Waals surface area contributed by atoms with Crippen LogP contribution in [0.5, 0.6) is 0 Å². The number of carbonyl (C=O) groups excluding carboxylic acids is 1. The number of rotatable bonds is 4. The summed E-state index contributed by atoms with van der Waals surface area (Å²) in [6.45, 7) is 0.369. The second kappa shape index (κ2) is 6.75. The summed E-state index contributed by atoms with van der Waals surface area (Å²) in [4.78, 5) is 18.3. The molecule has 25 heavy (non-hydrogen) atoms. The van der Waals surface area contributed by atoms with Crippen LogP contribution >= 0.6 is 0 Å². The van der Waals surface area contributed by atoms with Crippen LogP contribution in [0.4, 0.5) is 23.2 Å². The summed E-state index contributed by atoms with van der Waals surface area (Å²) >= 11 is 0. The fourth-order valence-corrected chi connectivity index (χ4v) is 2.35. The standard InChI is InChI=1S/C16H14F4N4O/c17-12-8-21-13(12)5-9-1-3-11(4-2-9)24-14(25)10-6-22-15(23-7-10)16(18,19)20/h1-4,6-7,12-13,21H,5,8H2,(H,24,25). The van der Waals surface area contributed by atoms with Gasteiger partial charge in [-0.05, 0) is 24.1 Å². The van der Waals surface area contributed by atoms with Crippen LogP contribution in [0.2, 0.25) is 0 Å². The summed E-state index contributed by atoms with van der Waals surface area (Å²) in [5, 5.41) is 5.53. The van der Waals surface area contributed by atoms with Crippen LogP contribution in [0.25, 0.3) is 0 Å². The highest BCUT2D eigenvalue weighted by Gasteiger charge is 2.34. The minimum absolute atomic E-state index is 0.0870. The van der Waals surface area contributed by atoms with E-state index in [2.05, 4.69) is 20.6 Å². The maximum atomic E-state index is 13.2. The molecule has 1 aromatic carbocycles. The summed E-state index contributed by atoms with van der Waals surface area (Å²) in [5.41, 5.74) is 1.29. The SMILES string of the molecule is O=C(Nc1ccc(CC2NCC2F)cc1)c1cnc(C(F)(F)F)nc1. The zero-order valence-electron chi connectivity index (χ0n) is 12.8. The van der Waals surface area contributed by atoms with Gasteiger partial charge >= 0.3 is 6.18 Å².